The number of H-pyrrole nitrogens is 1. The van der Waals surface area contributed by atoms with Gasteiger partial charge >= 0.3 is 0 Å². The van der Waals surface area contributed by atoms with Gasteiger partial charge in [-0.1, -0.05) is 18.7 Å². The number of nitrogens with two attached hydrogens (primary N) is 1. The summed E-state index contributed by atoms with van der Waals surface area (Å²) in [6.07, 6.45) is 0.985. The number of aliphatic hydroxyl groups excluding tert-OH is 2. The number of nitrogens with zero attached hydrogens (tertiary/aromatic N) is 5. The number of ether oxygens (including phenoxy) is 1. The first-order chi connectivity index (χ1) is 13.5. The zero-order valence-corrected chi connectivity index (χ0v) is 15.7. The zero-order chi connectivity index (χ0) is 19.8. The van der Waals surface area contributed by atoms with Crippen molar-refractivity contribution in [2.24, 2.45) is 0 Å². The molecule has 0 radical (unpaired) electrons. The fourth-order valence-electron chi connectivity index (χ4n) is 3.04. The maximum Gasteiger partial charge on any atom is 0.254 e. The van der Waals surface area contributed by atoms with Gasteiger partial charge in [-0.15, -0.1) is 0 Å². The molecule has 4 heterocycles. The molecule has 12 heteroatoms. The summed E-state index contributed by atoms with van der Waals surface area (Å²) in [7, 11) is 0. The lowest BCUT2D eigenvalue weighted by Crippen LogP contribution is -2.32. The maximum atomic E-state index is 11.9. The molecule has 1 aliphatic rings. The average molecular weight is 405 g/mol. The van der Waals surface area contributed by atoms with Crippen molar-refractivity contribution in [3.8, 4) is 0 Å². The van der Waals surface area contributed by atoms with Gasteiger partial charge in [0.15, 0.2) is 22.8 Å². The zero-order valence-electron chi connectivity index (χ0n) is 14.9. The Morgan fingerprint density at radius 2 is 2.11 bits per heavy atom. The second-order valence-electron chi connectivity index (χ2n) is 6.34. The van der Waals surface area contributed by atoms with E-state index in [-0.39, 0.29) is 17.1 Å². The Balaban J connectivity index is 1.50. The van der Waals surface area contributed by atoms with Crippen LogP contribution in [0, 0.1) is 0 Å². The van der Waals surface area contributed by atoms with E-state index in [9.17, 15) is 15.0 Å². The number of aryl methyl sites for hydroxylation is 1. The van der Waals surface area contributed by atoms with Crippen LogP contribution in [0.15, 0.2) is 28.8 Å². The first-order valence-electron chi connectivity index (χ1n) is 8.65. The number of aromatic nitrogens is 6. The quantitative estimate of drug-likeness (QED) is 0.320. The minimum absolute atomic E-state index is 0.187. The normalized spacial score (nSPS) is 24.8. The fraction of sp³-hybridized carbons (Fsp3) is 0.438. The summed E-state index contributed by atoms with van der Waals surface area (Å²) in [6.45, 7) is 1.88. The second-order valence-corrected chi connectivity index (χ2v) is 7.35. The summed E-state index contributed by atoms with van der Waals surface area (Å²) < 4.78 is 7.37. The Bertz CT molecular complexity index is 1050. The van der Waals surface area contributed by atoms with E-state index in [1.807, 2.05) is 6.92 Å². The van der Waals surface area contributed by atoms with Crippen molar-refractivity contribution in [3.63, 3.8) is 0 Å². The van der Waals surface area contributed by atoms with Crippen molar-refractivity contribution in [1.29, 1.82) is 0 Å². The lowest BCUT2D eigenvalue weighted by molar-refractivity contribution is -0.0289. The number of aliphatic hydroxyl groups is 2. The first-order valence-corrected chi connectivity index (χ1v) is 9.63. The highest BCUT2D eigenvalue weighted by Gasteiger charge is 2.44. The molecule has 0 aliphatic carbocycles. The molecule has 11 nitrogen and oxygen atoms in total. The van der Waals surface area contributed by atoms with Crippen LogP contribution in [0.4, 0.5) is 5.82 Å². The Morgan fingerprint density at radius 3 is 2.86 bits per heavy atom. The van der Waals surface area contributed by atoms with Crippen LogP contribution in [-0.4, -0.2) is 63.8 Å². The molecule has 3 aromatic heterocycles. The van der Waals surface area contributed by atoms with Crippen LogP contribution in [0.25, 0.3) is 11.2 Å². The highest BCUT2D eigenvalue weighted by atomic mass is 32.2. The van der Waals surface area contributed by atoms with Crippen LogP contribution in [0.1, 0.15) is 18.7 Å². The number of thioether (sulfide) groups is 1. The molecule has 1 fully saturated rings. The number of rotatable bonds is 5. The predicted octanol–water partition coefficient (Wildman–Crippen LogP) is -0.534. The first kappa shape index (κ1) is 18.8. The molecule has 148 valence electrons. The van der Waals surface area contributed by atoms with E-state index in [4.69, 9.17) is 10.5 Å². The van der Waals surface area contributed by atoms with Crippen LogP contribution in [0.2, 0.25) is 0 Å². The Labute approximate surface area is 163 Å². The topological polar surface area (TPSA) is 165 Å². The smallest absolute Gasteiger partial charge is 0.254 e. The third-order valence-corrected chi connectivity index (χ3v) is 5.59. The summed E-state index contributed by atoms with van der Waals surface area (Å²) in [5, 5.41) is 21.3. The fourth-order valence-corrected chi connectivity index (χ4v) is 3.93. The van der Waals surface area contributed by atoms with E-state index < -0.39 is 24.5 Å². The lowest BCUT2D eigenvalue weighted by atomic mass is 10.1. The van der Waals surface area contributed by atoms with Crippen molar-refractivity contribution in [2.75, 3.05) is 11.5 Å². The molecule has 4 rings (SSSR count). The molecule has 1 aliphatic heterocycles. The summed E-state index contributed by atoms with van der Waals surface area (Å²) in [4.78, 5) is 30.9. The summed E-state index contributed by atoms with van der Waals surface area (Å²) in [6, 6.07) is 0. The number of hydrogen-bond donors (Lipinski definition) is 4. The Kier molecular flexibility index (Phi) is 5.02. The van der Waals surface area contributed by atoms with E-state index >= 15 is 0 Å². The van der Waals surface area contributed by atoms with Crippen LogP contribution in [-0.2, 0) is 11.2 Å². The number of fused-ring (bicyclic) bond motifs is 1. The second kappa shape index (κ2) is 7.47. The highest BCUT2D eigenvalue weighted by molar-refractivity contribution is 7.99. The van der Waals surface area contributed by atoms with Gasteiger partial charge in [-0.05, 0) is 6.42 Å². The third-order valence-electron chi connectivity index (χ3n) is 4.61. The Morgan fingerprint density at radius 1 is 1.29 bits per heavy atom. The van der Waals surface area contributed by atoms with Crippen molar-refractivity contribution < 1.29 is 14.9 Å². The lowest BCUT2D eigenvalue weighted by Gasteiger charge is -2.16. The SMILES string of the molecule is CCc1cnc(SC[C@H]2O[C@@H](n3cnc4c(N)ncnc43)[C@H](O)[C@@H]2O)[nH]c1=O. The van der Waals surface area contributed by atoms with Gasteiger partial charge in [0.05, 0.1) is 12.4 Å². The largest absolute Gasteiger partial charge is 0.387 e. The molecule has 0 spiro atoms. The number of anilines is 1. The van der Waals surface area contributed by atoms with Gasteiger partial charge in [0.2, 0.25) is 0 Å². The summed E-state index contributed by atoms with van der Waals surface area (Å²) in [5.41, 5.74) is 6.99. The average Bonchev–Trinajstić information content (AvgIpc) is 3.23. The molecular formula is C16H19N7O4S. The molecule has 0 unspecified atom stereocenters. The minimum atomic E-state index is -1.19. The van der Waals surface area contributed by atoms with Gasteiger partial charge in [-0.3, -0.25) is 9.36 Å². The monoisotopic (exact) mass is 405 g/mol. The van der Waals surface area contributed by atoms with Gasteiger partial charge in [-0.2, -0.15) is 0 Å². The molecule has 0 saturated carbocycles. The minimum Gasteiger partial charge on any atom is -0.387 e. The van der Waals surface area contributed by atoms with Crippen LogP contribution in [0.3, 0.4) is 0 Å². The molecule has 4 atom stereocenters. The molecule has 0 bridgehead atoms. The van der Waals surface area contributed by atoms with Gasteiger partial charge in [0.25, 0.3) is 5.56 Å². The predicted molar refractivity (Wildman–Crippen MR) is 101 cm³/mol. The molecule has 28 heavy (non-hydrogen) atoms. The van der Waals surface area contributed by atoms with Crippen molar-refractivity contribution in [2.45, 2.75) is 43.0 Å². The van der Waals surface area contributed by atoms with Gasteiger partial charge in [0, 0.05) is 17.5 Å². The van der Waals surface area contributed by atoms with Gasteiger partial charge in [0.1, 0.15) is 24.1 Å². The standard InChI is InChI=1S/C16H19N7O4S/c1-2-7-3-18-16(22-14(7)26)28-4-8-10(24)11(25)15(27-8)23-6-21-9-12(17)19-5-20-13(9)23/h3,5-6,8,10-11,15,24-25H,2,4H2,1H3,(H2,17,19,20)(H,18,22,26)/t8-,10-,11-,15-/m1/s1. The molecular weight excluding hydrogens is 386 g/mol. The number of hydrogen-bond acceptors (Lipinski definition) is 10. The van der Waals surface area contributed by atoms with E-state index in [1.54, 1.807) is 0 Å². The van der Waals surface area contributed by atoms with E-state index in [0.717, 1.165) is 0 Å². The van der Waals surface area contributed by atoms with Crippen LogP contribution in [0.5, 0.6) is 0 Å². The molecule has 5 N–H and O–H groups in total. The highest BCUT2D eigenvalue weighted by Crippen LogP contribution is 2.33. The molecule has 1 saturated heterocycles. The molecule has 0 amide bonds. The number of aromatic amines is 1. The van der Waals surface area contributed by atoms with Crippen molar-refractivity contribution >= 4 is 28.7 Å². The van der Waals surface area contributed by atoms with E-state index in [0.29, 0.717) is 28.3 Å². The van der Waals surface area contributed by atoms with Crippen LogP contribution >= 0.6 is 11.8 Å². The van der Waals surface area contributed by atoms with Gasteiger partial charge < -0.3 is 25.7 Å². The number of nitrogens with one attached hydrogen (secondary N) is 1. The Hall–Kier alpha value is -2.54. The number of nitrogen functional groups attached to an aromatic ring is 1. The molecule has 3 aromatic rings. The maximum absolute atomic E-state index is 11.9. The number of imidazole rings is 1. The molecule has 0 aromatic carbocycles. The van der Waals surface area contributed by atoms with E-state index in [2.05, 4.69) is 24.9 Å². The van der Waals surface area contributed by atoms with Crippen molar-refractivity contribution in [3.05, 3.63) is 34.8 Å². The van der Waals surface area contributed by atoms with E-state index in [1.165, 1.54) is 35.2 Å². The van der Waals surface area contributed by atoms with Crippen molar-refractivity contribution in [1.82, 2.24) is 29.5 Å². The summed E-state index contributed by atoms with van der Waals surface area (Å²) in [5.74, 6) is 0.502. The third kappa shape index (κ3) is 3.24. The van der Waals surface area contributed by atoms with Gasteiger partial charge in [-0.25, -0.2) is 19.9 Å². The van der Waals surface area contributed by atoms with Crippen LogP contribution < -0.4 is 11.3 Å². The summed E-state index contributed by atoms with van der Waals surface area (Å²) >= 11 is 1.23.